The van der Waals surface area contributed by atoms with Crippen LogP contribution in [0, 0.1) is 10.8 Å². The van der Waals surface area contributed by atoms with Crippen LogP contribution in [-0.4, -0.2) is 28.8 Å². The third-order valence-electron chi connectivity index (χ3n) is 3.64. The Bertz CT molecular complexity index is 352. The molecular weight excluding hydrogens is 266 g/mol. The van der Waals surface area contributed by atoms with Gasteiger partial charge < -0.3 is 15.6 Å². The molecule has 0 amide bonds. The summed E-state index contributed by atoms with van der Waals surface area (Å²) in [5.41, 5.74) is 4.62. The molecule has 126 valence electrons. The molecule has 4 nitrogen and oxygen atoms in total. The molecule has 0 bridgehead atoms. The molecule has 0 rings (SSSR count). The zero-order chi connectivity index (χ0) is 17.1. The van der Waals surface area contributed by atoms with Gasteiger partial charge in [-0.25, -0.2) is 0 Å². The van der Waals surface area contributed by atoms with Gasteiger partial charge in [0.05, 0.1) is 11.0 Å². The van der Waals surface area contributed by atoms with Crippen molar-refractivity contribution in [3.63, 3.8) is 0 Å². The van der Waals surface area contributed by atoms with Gasteiger partial charge in [-0.3, -0.25) is 4.79 Å². The van der Waals surface area contributed by atoms with E-state index < -0.39 is 11.4 Å². The van der Waals surface area contributed by atoms with Crippen molar-refractivity contribution in [3.8, 4) is 0 Å². The molecule has 4 heteroatoms. The van der Waals surface area contributed by atoms with Crippen molar-refractivity contribution >= 4 is 5.97 Å². The summed E-state index contributed by atoms with van der Waals surface area (Å²) < 4.78 is 5.99. The summed E-state index contributed by atoms with van der Waals surface area (Å²) in [6, 6.07) is 0. The number of ether oxygens (including phenoxy) is 1. The van der Waals surface area contributed by atoms with Gasteiger partial charge in [0.15, 0.2) is 0 Å². The summed E-state index contributed by atoms with van der Waals surface area (Å²) in [5.74, 6) is -0.751. The zero-order valence-corrected chi connectivity index (χ0v) is 15.2. The average Bonchev–Trinajstić information content (AvgIpc) is 2.09. The van der Waals surface area contributed by atoms with Crippen LogP contribution in [0.25, 0.3) is 0 Å². The van der Waals surface area contributed by atoms with E-state index in [1.807, 2.05) is 13.8 Å². The predicted molar refractivity (Wildman–Crippen MR) is 87.3 cm³/mol. The molecule has 0 aromatic rings. The number of hydrogen-bond donors (Lipinski definition) is 2. The lowest BCUT2D eigenvalue weighted by molar-refractivity contribution is -0.149. The van der Waals surface area contributed by atoms with Gasteiger partial charge in [0.25, 0.3) is 0 Å². The molecule has 0 saturated heterocycles. The van der Waals surface area contributed by atoms with E-state index in [-0.39, 0.29) is 16.6 Å². The molecule has 0 aromatic carbocycles. The molecule has 0 spiro atoms. The summed E-state index contributed by atoms with van der Waals surface area (Å²) in [7, 11) is 0. The van der Waals surface area contributed by atoms with E-state index in [1.54, 1.807) is 13.8 Å². The molecule has 0 aromatic heterocycles. The summed E-state index contributed by atoms with van der Waals surface area (Å²) in [4.78, 5) is 11.3. The summed E-state index contributed by atoms with van der Waals surface area (Å²) in [6.45, 7) is 16.5. The van der Waals surface area contributed by atoms with Crippen molar-refractivity contribution in [2.45, 2.75) is 85.8 Å². The fraction of sp³-hybridized carbons (Fsp3) is 0.941. The van der Waals surface area contributed by atoms with Gasteiger partial charge in [-0.1, -0.05) is 13.8 Å². The van der Waals surface area contributed by atoms with Crippen LogP contribution in [0.15, 0.2) is 0 Å². The Kier molecular flexibility index (Phi) is 6.46. The number of carboxylic acid groups (broad SMARTS) is 1. The molecule has 0 heterocycles. The number of aliphatic carboxylic acids is 1. The summed E-state index contributed by atoms with van der Waals surface area (Å²) in [6.07, 6.45) is 2.23. The van der Waals surface area contributed by atoms with Crippen molar-refractivity contribution in [1.82, 2.24) is 0 Å². The highest BCUT2D eigenvalue weighted by molar-refractivity contribution is 5.73. The van der Waals surface area contributed by atoms with Crippen molar-refractivity contribution < 1.29 is 14.6 Å². The Morgan fingerprint density at radius 3 is 1.86 bits per heavy atom. The molecule has 3 N–H and O–H groups in total. The minimum Gasteiger partial charge on any atom is -0.481 e. The molecule has 0 aliphatic rings. The van der Waals surface area contributed by atoms with E-state index in [1.165, 1.54) is 0 Å². The van der Waals surface area contributed by atoms with Gasteiger partial charge in [-0.2, -0.15) is 0 Å². The first-order valence-corrected chi connectivity index (χ1v) is 7.73. The lowest BCUT2D eigenvalue weighted by Crippen LogP contribution is -2.38. The van der Waals surface area contributed by atoms with Gasteiger partial charge in [-0.05, 0) is 66.2 Å². The van der Waals surface area contributed by atoms with Gasteiger partial charge in [-0.15, -0.1) is 0 Å². The molecule has 0 aliphatic heterocycles. The maximum atomic E-state index is 11.3. The molecule has 0 unspecified atom stereocenters. The smallest absolute Gasteiger partial charge is 0.309 e. The van der Waals surface area contributed by atoms with Gasteiger partial charge in [0.2, 0.25) is 0 Å². The molecule has 0 radical (unpaired) electrons. The van der Waals surface area contributed by atoms with Crippen molar-refractivity contribution in [2.24, 2.45) is 16.6 Å². The normalized spacial score (nSPS) is 14.3. The number of carbonyl (C=O) groups is 1. The fourth-order valence-corrected chi connectivity index (χ4v) is 3.13. The van der Waals surface area contributed by atoms with Gasteiger partial charge in [0.1, 0.15) is 0 Å². The highest BCUT2D eigenvalue weighted by Gasteiger charge is 2.38. The highest BCUT2D eigenvalue weighted by Crippen LogP contribution is 2.40. The van der Waals surface area contributed by atoms with Crippen molar-refractivity contribution in [3.05, 3.63) is 0 Å². The zero-order valence-electron chi connectivity index (χ0n) is 15.2. The topological polar surface area (TPSA) is 72.5 Å². The molecule has 0 fully saturated rings. The van der Waals surface area contributed by atoms with Crippen LogP contribution < -0.4 is 5.73 Å². The second-order valence-corrected chi connectivity index (χ2v) is 9.05. The summed E-state index contributed by atoms with van der Waals surface area (Å²) >= 11 is 0. The lowest BCUT2D eigenvalue weighted by Gasteiger charge is -2.38. The quantitative estimate of drug-likeness (QED) is 0.679. The maximum absolute atomic E-state index is 11.3. The van der Waals surface area contributed by atoms with Crippen LogP contribution in [0.2, 0.25) is 0 Å². The monoisotopic (exact) mass is 301 g/mol. The Morgan fingerprint density at radius 1 is 1.00 bits per heavy atom. The van der Waals surface area contributed by atoms with Crippen molar-refractivity contribution in [2.75, 3.05) is 6.61 Å². The minimum absolute atomic E-state index is 0.108. The Balaban J connectivity index is 4.58. The van der Waals surface area contributed by atoms with Crippen LogP contribution in [0.1, 0.15) is 74.7 Å². The molecule has 0 saturated carbocycles. The predicted octanol–water partition coefficient (Wildman–Crippen LogP) is 3.83. The second kappa shape index (κ2) is 6.66. The van der Waals surface area contributed by atoms with Crippen LogP contribution >= 0.6 is 0 Å². The Morgan fingerprint density at radius 2 is 1.48 bits per heavy atom. The van der Waals surface area contributed by atoms with E-state index in [4.69, 9.17) is 10.5 Å². The lowest BCUT2D eigenvalue weighted by atomic mass is 9.70. The van der Waals surface area contributed by atoms with Crippen LogP contribution in [0.3, 0.4) is 0 Å². The minimum atomic E-state index is -0.751. The van der Waals surface area contributed by atoms with E-state index in [0.29, 0.717) is 13.0 Å². The first kappa shape index (κ1) is 20.4. The molecule has 0 atom stereocenters. The third-order valence-corrected chi connectivity index (χ3v) is 3.64. The average molecular weight is 301 g/mol. The second-order valence-electron chi connectivity index (χ2n) is 9.05. The van der Waals surface area contributed by atoms with Crippen LogP contribution in [-0.2, 0) is 9.53 Å². The van der Waals surface area contributed by atoms with Gasteiger partial charge >= 0.3 is 5.97 Å². The summed E-state index contributed by atoms with van der Waals surface area (Å²) in [5, 5.41) is 9.29. The number of hydrogen-bond acceptors (Lipinski definition) is 3. The maximum Gasteiger partial charge on any atom is 0.309 e. The Hall–Kier alpha value is -0.610. The number of carboxylic acids is 1. The fourth-order valence-electron chi connectivity index (χ4n) is 3.13. The van der Waals surface area contributed by atoms with Crippen LogP contribution in [0.5, 0.6) is 0 Å². The Labute approximate surface area is 130 Å². The van der Waals surface area contributed by atoms with Crippen molar-refractivity contribution in [1.29, 1.82) is 0 Å². The van der Waals surface area contributed by atoms with E-state index in [9.17, 15) is 9.90 Å². The first-order chi connectivity index (χ1) is 9.06. The van der Waals surface area contributed by atoms with Crippen LogP contribution in [0.4, 0.5) is 0 Å². The molecular formula is C17H35NO3. The van der Waals surface area contributed by atoms with Gasteiger partial charge in [0, 0.05) is 12.1 Å². The molecule has 0 aliphatic carbocycles. The van der Waals surface area contributed by atoms with E-state index in [2.05, 4.69) is 27.7 Å². The van der Waals surface area contributed by atoms with E-state index in [0.717, 1.165) is 12.8 Å². The number of nitrogens with two attached hydrogens (primary N) is 1. The first-order valence-electron chi connectivity index (χ1n) is 7.73. The highest BCUT2D eigenvalue weighted by atomic mass is 16.5. The molecule has 21 heavy (non-hydrogen) atoms. The SMILES string of the molecule is CC(C)(N)CCOC(C)(C)CC(C)(C)CC(C)(C)C(=O)O. The van der Waals surface area contributed by atoms with E-state index >= 15 is 0 Å². The number of rotatable bonds is 9. The standard InChI is InChI=1S/C17H35NO3/c1-14(2,11-15(3,4)13(19)20)12-17(7,8)21-10-9-16(5,6)18/h9-12,18H2,1-8H3,(H,19,20). The largest absolute Gasteiger partial charge is 0.481 e. The third kappa shape index (κ3) is 9.10.